The van der Waals surface area contributed by atoms with Crippen molar-refractivity contribution >= 4 is 17.5 Å². The summed E-state index contributed by atoms with van der Waals surface area (Å²) < 4.78 is 1.74. The maximum Gasteiger partial charge on any atom is 0.258 e. The van der Waals surface area contributed by atoms with Crippen molar-refractivity contribution in [2.24, 2.45) is 0 Å². The van der Waals surface area contributed by atoms with Gasteiger partial charge < -0.3 is 9.80 Å². The van der Waals surface area contributed by atoms with Gasteiger partial charge in [-0.15, -0.1) is 0 Å². The van der Waals surface area contributed by atoms with Gasteiger partial charge in [-0.2, -0.15) is 5.10 Å². The van der Waals surface area contributed by atoms with Gasteiger partial charge in [0.1, 0.15) is 5.56 Å². The smallest absolute Gasteiger partial charge is 0.258 e. The van der Waals surface area contributed by atoms with Crippen LogP contribution in [0.15, 0.2) is 43.0 Å². The molecule has 8 heteroatoms. The molecule has 0 N–H and O–H groups in total. The Morgan fingerprint density at radius 2 is 1.93 bits per heavy atom. The van der Waals surface area contributed by atoms with Crippen LogP contribution in [-0.4, -0.2) is 68.4 Å². The first kappa shape index (κ1) is 18.1. The summed E-state index contributed by atoms with van der Waals surface area (Å²) in [6.07, 6.45) is 8.41. The van der Waals surface area contributed by atoms with Crippen LogP contribution in [0.4, 0.5) is 0 Å². The second kappa shape index (κ2) is 7.38. The molecule has 4 heterocycles. The zero-order valence-electron chi connectivity index (χ0n) is 15.9. The number of carbonyl (C=O) groups excluding carboxylic acids is 2. The standard InChI is InChI=1S/C20H22N6O2/c1-24(2)20(28)16-12-23-26-17(7-10-22-18(16)26)15-4-3-11-25(13-15)19(27)14-5-8-21-9-6-14/h5-10,12,15H,3-4,11,13H2,1-2H3. The van der Waals surface area contributed by atoms with E-state index in [0.717, 1.165) is 25.1 Å². The minimum atomic E-state index is -0.127. The van der Waals surface area contributed by atoms with Gasteiger partial charge in [-0.25, -0.2) is 9.50 Å². The van der Waals surface area contributed by atoms with Crippen LogP contribution >= 0.6 is 0 Å². The fourth-order valence-electron chi connectivity index (χ4n) is 3.69. The van der Waals surface area contributed by atoms with Gasteiger partial charge in [-0.05, 0) is 31.0 Å². The molecule has 1 atom stereocenters. The molecule has 4 rings (SSSR count). The Labute approximate surface area is 162 Å². The number of hydrogen-bond donors (Lipinski definition) is 0. The first-order chi connectivity index (χ1) is 13.6. The molecule has 8 nitrogen and oxygen atoms in total. The maximum atomic E-state index is 12.8. The van der Waals surface area contributed by atoms with Crippen molar-refractivity contribution in [3.8, 4) is 0 Å². The third-order valence-corrected chi connectivity index (χ3v) is 5.12. The van der Waals surface area contributed by atoms with E-state index in [1.54, 1.807) is 55.5 Å². The zero-order valence-corrected chi connectivity index (χ0v) is 15.9. The SMILES string of the molecule is CN(C)C(=O)c1cnn2c(C3CCCN(C(=O)c4ccncc4)C3)ccnc12. The molecule has 0 aliphatic carbocycles. The molecule has 1 aliphatic rings. The molecule has 0 spiro atoms. The molecule has 0 saturated carbocycles. The van der Waals surface area contributed by atoms with Crippen molar-refractivity contribution in [1.82, 2.24) is 29.4 Å². The second-order valence-electron chi connectivity index (χ2n) is 7.19. The lowest BCUT2D eigenvalue weighted by Crippen LogP contribution is -2.39. The van der Waals surface area contributed by atoms with Crippen molar-refractivity contribution in [2.45, 2.75) is 18.8 Å². The molecule has 1 fully saturated rings. The van der Waals surface area contributed by atoms with E-state index in [9.17, 15) is 9.59 Å². The molecule has 0 aromatic carbocycles. The number of carbonyl (C=O) groups is 2. The van der Waals surface area contributed by atoms with E-state index in [1.165, 1.54) is 4.90 Å². The van der Waals surface area contributed by atoms with Crippen molar-refractivity contribution in [1.29, 1.82) is 0 Å². The molecule has 3 aromatic rings. The third-order valence-electron chi connectivity index (χ3n) is 5.12. The molecular formula is C20H22N6O2. The number of hydrogen-bond acceptors (Lipinski definition) is 5. The van der Waals surface area contributed by atoms with Gasteiger partial charge in [0.05, 0.1) is 11.9 Å². The molecule has 144 valence electrons. The summed E-state index contributed by atoms with van der Waals surface area (Å²) in [5, 5.41) is 4.42. The first-order valence-electron chi connectivity index (χ1n) is 9.30. The quantitative estimate of drug-likeness (QED) is 0.694. The van der Waals surface area contributed by atoms with Gasteiger partial charge in [-0.3, -0.25) is 14.6 Å². The fourth-order valence-corrected chi connectivity index (χ4v) is 3.69. The highest BCUT2D eigenvalue weighted by Crippen LogP contribution is 2.28. The van der Waals surface area contributed by atoms with Crippen LogP contribution in [0.5, 0.6) is 0 Å². The van der Waals surface area contributed by atoms with Crippen LogP contribution in [0.3, 0.4) is 0 Å². The summed E-state index contributed by atoms with van der Waals surface area (Å²) >= 11 is 0. The van der Waals surface area contributed by atoms with E-state index in [4.69, 9.17) is 0 Å². The molecule has 1 unspecified atom stereocenters. The van der Waals surface area contributed by atoms with Crippen molar-refractivity contribution in [2.75, 3.05) is 27.2 Å². The molecule has 0 radical (unpaired) electrons. The lowest BCUT2D eigenvalue weighted by atomic mass is 9.94. The van der Waals surface area contributed by atoms with Crippen molar-refractivity contribution in [3.63, 3.8) is 0 Å². The number of nitrogens with zero attached hydrogens (tertiary/aromatic N) is 6. The Morgan fingerprint density at radius 1 is 1.14 bits per heavy atom. The van der Waals surface area contributed by atoms with Gasteiger partial charge in [0.25, 0.3) is 11.8 Å². The Balaban J connectivity index is 1.63. The van der Waals surface area contributed by atoms with Gasteiger partial charge in [-0.1, -0.05) is 0 Å². The first-order valence-corrected chi connectivity index (χ1v) is 9.30. The second-order valence-corrected chi connectivity index (χ2v) is 7.19. The minimum absolute atomic E-state index is 0.0151. The average Bonchev–Trinajstić information content (AvgIpc) is 3.17. The largest absolute Gasteiger partial charge is 0.345 e. The van der Waals surface area contributed by atoms with Gasteiger partial charge in [0.2, 0.25) is 0 Å². The summed E-state index contributed by atoms with van der Waals surface area (Å²) in [5.74, 6) is 0.0198. The van der Waals surface area contributed by atoms with Crippen LogP contribution in [0.25, 0.3) is 5.65 Å². The molecular weight excluding hydrogens is 356 g/mol. The Bertz CT molecular complexity index is 1010. The molecule has 2 amide bonds. The van der Waals surface area contributed by atoms with Crippen LogP contribution in [-0.2, 0) is 0 Å². The lowest BCUT2D eigenvalue weighted by Gasteiger charge is -2.33. The number of piperidine rings is 1. The van der Waals surface area contributed by atoms with Crippen LogP contribution in [0.1, 0.15) is 45.2 Å². The van der Waals surface area contributed by atoms with E-state index < -0.39 is 0 Å². The summed E-state index contributed by atoms with van der Waals surface area (Å²) in [4.78, 5) is 36.9. The average molecular weight is 378 g/mol. The molecule has 3 aromatic heterocycles. The van der Waals surface area contributed by atoms with Gasteiger partial charge in [0.15, 0.2) is 5.65 Å². The monoisotopic (exact) mass is 378 g/mol. The summed E-state index contributed by atoms with van der Waals surface area (Å²) in [6.45, 7) is 1.34. The van der Waals surface area contributed by atoms with E-state index in [-0.39, 0.29) is 17.7 Å². The number of rotatable bonds is 3. The molecule has 28 heavy (non-hydrogen) atoms. The number of fused-ring (bicyclic) bond motifs is 1. The van der Waals surface area contributed by atoms with Crippen LogP contribution < -0.4 is 0 Å². The highest BCUT2D eigenvalue weighted by atomic mass is 16.2. The number of likely N-dealkylation sites (tertiary alicyclic amines) is 1. The Hall–Kier alpha value is -3.29. The molecule has 1 saturated heterocycles. The van der Waals surface area contributed by atoms with E-state index in [1.807, 2.05) is 11.0 Å². The Morgan fingerprint density at radius 3 is 2.68 bits per heavy atom. The van der Waals surface area contributed by atoms with Crippen LogP contribution in [0.2, 0.25) is 0 Å². The highest BCUT2D eigenvalue weighted by molar-refractivity contribution is 5.99. The Kier molecular flexibility index (Phi) is 4.77. The van der Waals surface area contributed by atoms with Gasteiger partial charge in [0, 0.05) is 57.3 Å². The lowest BCUT2D eigenvalue weighted by molar-refractivity contribution is 0.0704. The number of amides is 2. The maximum absolute atomic E-state index is 12.8. The molecule has 1 aliphatic heterocycles. The van der Waals surface area contributed by atoms with E-state index in [0.29, 0.717) is 23.3 Å². The minimum Gasteiger partial charge on any atom is -0.345 e. The van der Waals surface area contributed by atoms with Crippen molar-refractivity contribution in [3.05, 3.63) is 59.8 Å². The van der Waals surface area contributed by atoms with Crippen molar-refractivity contribution < 1.29 is 9.59 Å². The fraction of sp³-hybridized carbons (Fsp3) is 0.350. The summed E-state index contributed by atoms with van der Waals surface area (Å²) in [7, 11) is 3.42. The summed E-state index contributed by atoms with van der Waals surface area (Å²) in [6, 6.07) is 5.40. The zero-order chi connectivity index (χ0) is 19.7. The van der Waals surface area contributed by atoms with E-state index in [2.05, 4.69) is 15.1 Å². The van der Waals surface area contributed by atoms with Gasteiger partial charge >= 0.3 is 0 Å². The predicted molar refractivity (Wildman–Crippen MR) is 103 cm³/mol. The highest BCUT2D eigenvalue weighted by Gasteiger charge is 2.28. The topological polar surface area (TPSA) is 83.7 Å². The number of pyridine rings is 1. The van der Waals surface area contributed by atoms with Crippen LogP contribution in [0, 0.1) is 0 Å². The third kappa shape index (κ3) is 3.21. The normalized spacial score (nSPS) is 16.9. The predicted octanol–water partition coefficient (Wildman–Crippen LogP) is 1.85. The van der Waals surface area contributed by atoms with E-state index >= 15 is 0 Å². The molecule has 0 bridgehead atoms. The number of aromatic nitrogens is 4. The summed E-state index contributed by atoms with van der Waals surface area (Å²) in [5.41, 5.74) is 2.64.